The summed E-state index contributed by atoms with van der Waals surface area (Å²) in [4.78, 5) is 38.3. The highest BCUT2D eigenvalue weighted by Crippen LogP contribution is 2.15. The molecular weight excluding hydrogens is 1020 g/mol. The smallest absolute Gasteiger partial charge is 0.306 e. The maximum absolute atomic E-state index is 12.9. The molecule has 0 fully saturated rings. The fraction of sp³-hybridized carbons (Fsp3) is 0.649. The predicted molar refractivity (Wildman–Crippen MR) is 362 cm³/mol. The Labute approximate surface area is 512 Å². The molecule has 0 aromatic rings. The number of carbonyl (C=O) groups is 3. The van der Waals surface area contributed by atoms with Crippen LogP contribution in [0.2, 0.25) is 0 Å². The zero-order valence-corrected chi connectivity index (χ0v) is 53.9. The molecule has 1 atom stereocenters. The second kappa shape index (κ2) is 69.8. The van der Waals surface area contributed by atoms with Crippen LogP contribution in [0.1, 0.15) is 303 Å². The van der Waals surface area contributed by atoms with E-state index in [1.165, 1.54) is 109 Å². The van der Waals surface area contributed by atoms with Gasteiger partial charge in [-0.05, 0) is 141 Å². The summed E-state index contributed by atoms with van der Waals surface area (Å²) in [7, 11) is 0. The van der Waals surface area contributed by atoms with Gasteiger partial charge in [0.2, 0.25) is 0 Å². The van der Waals surface area contributed by atoms with E-state index in [1.807, 2.05) is 0 Å². The second-order valence-electron chi connectivity index (χ2n) is 22.3. The second-order valence-corrected chi connectivity index (χ2v) is 22.3. The van der Waals surface area contributed by atoms with E-state index in [4.69, 9.17) is 14.2 Å². The number of esters is 3. The first-order valence-electron chi connectivity index (χ1n) is 34.3. The van der Waals surface area contributed by atoms with Gasteiger partial charge in [0.25, 0.3) is 0 Å². The molecule has 0 rings (SSSR count). The number of hydrogen-bond acceptors (Lipinski definition) is 6. The first kappa shape index (κ1) is 78.3. The fourth-order valence-corrected chi connectivity index (χ4v) is 9.15. The topological polar surface area (TPSA) is 78.9 Å². The van der Waals surface area contributed by atoms with Crippen molar-refractivity contribution in [1.29, 1.82) is 0 Å². The van der Waals surface area contributed by atoms with Crippen molar-refractivity contribution in [2.45, 2.75) is 309 Å². The molecular formula is C77H126O6. The highest BCUT2D eigenvalue weighted by molar-refractivity contribution is 5.71. The van der Waals surface area contributed by atoms with Crippen molar-refractivity contribution in [3.05, 3.63) is 146 Å². The minimum Gasteiger partial charge on any atom is -0.462 e. The van der Waals surface area contributed by atoms with E-state index in [2.05, 4.69) is 167 Å². The van der Waals surface area contributed by atoms with E-state index in [0.717, 1.165) is 154 Å². The molecule has 470 valence electrons. The normalized spacial score (nSPS) is 13.0. The molecule has 0 aliphatic heterocycles. The van der Waals surface area contributed by atoms with Gasteiger partial charge in [-0.15, -0.1) is 0 Å². The van der Waals surface area contributed by atoms with Crippen molar-refractivity contribution in [3.8, 4) is 0 Å². The van der Waals surface area contributed by atoms with Gasteiger partial charge in [0, 0.05) is 19.3 Å². The molecule has 0 aliphatic carbocycles. The van der Waals surface area contributed by atoms with Crippen LogP contribution >= 0.6 is 0 Å². The lowest BCUT2D eigenvalue weighted by Gasteiger charge is -2.18. The Kier molecular flexibility index (Phi) is 65.8. The number of rotatable bonds is 61. The molecule has 0 saturated carbocycles. The molecule has 0 aromatic carbocycles. The van der Waals surface area contributed by atoms with Crippen LogP contribution in [0.4, 0.5) is 0 Å². The highest BCUT2D eigenvalue weighted by atomic mass is 16.6. The van der Waals surface area contributed by atoms with Crippen LogP contribution in [-0.2, 0) is 28.6 Å². The minimum absolute atomic E-state index is 0.0937. The maximum atomic E-state index is 12.9. The van der Waals surface area contributed by atoms with Gasteiger partial charge in [-0.1, -0.05) is 289 Å². The Bertz CT molecular complexity index is 1800. The van der Waals surface area contributed by atoms with Gasteiger partial charge in [-0.25, -0.2) is 0 Å². The summed E-state index contributed by atoms with van der Waals surface area (Å²) in [6, 6.07) is 0. The standard InChI is InChI=1S/C77H126O6/c1-4-7-10-13-16-19-22-24-26-28-30-32-33-34-35-36-37-38-39-40-41-42-43-45-46-48-50-52-55-58-61-64-67-70-76(79)82-73-74(72-81-75(78)69-66-63-60-57-54-21-18-15-12-9-6-3)83-77(80)71-68-65-62-59-56-53-51-49-47-44-31-29-27-25-23-20-17-14-11-8-5-2/h7,10,15-16,18-19,23-26,29-32,34-35,37-38,40-41,43,45,47,49,74H,4-6,8-9,11-14,17,20-22,27-28,33,36,39,42,44,46,48,50-73H2,1-3H3/b10-7-,18-15-,19-16-,25-23-,26-24-,31-29-,32-30-,35-34-,38-37-,41-40-,45-43-,49-47-. The summed E-state index contributed by atoms with van der Waals surface area (Å²) in [5, 5.41) is 0. The van der Waals surface area contributed by atoms with Crippen LogP contribution in [0.25, 0.3) is 0 Å². The summed E-state index contributed by atoms with van der Waals surface area (Å²) < 4.78 is 16.9. The third kappa shape index (κ3) is 68.0. The summed E-state index contributed by atoms with van der Waals surface area (Å²) in [6.07, 6.45) is 100. The van der Waals surface area contributed by atoms with Gasteiger partial charge < -0.3 is 14.2 Å². The number of carbonyl (C=O) groups excluding carboxylic acids is 3. The van der Waals surface area contributed by atoms with Crippen LogP contribution in [0.15, 0.2) is 146 Å². The lowest BCUT2D eigenvalue weighted by atomic mass is 10.1. The first-order valence-corrected chi connectivity index (χ1v) is 34.3. The maximum Gasteiger partial charge on any atom is 0.306 e. The predicted octanol–water partition coefficient (Wildman–Crippen LogP) is 23.9. The van der Waals surface area contributed by atoms with Gasteiger partial charge in [0.05, 0.1) is 0 Å². The van der Waals surface area contributed by atoms with Crippen molar-refractivity contribution in [2.75, 3.05) is 13.2 Å². The van der Waals surface area contributed by atoms with E-state index in [9.17, 15) is 14.4 Å². The van der Waals surface area contributed by atoms with Crippen molar-refractivity contribution in [3.63, 3.8) is 0 Å². The molecule has 6 heteroatoms. The largest absolute Gasteiger partial charge is 0.462 e. The number of unbranched alkanes of at least 4 members (excludes halogenated alkanes) is 26. The lowest BCUT2D eigenvalue weighted by molar-refractivity contribution is -0.167. The molecule has 0 bridgehead atoms. The zero-order valence-electron chi connectivity index (χ0n) is 53.9. The molecule has 0 spiro atoms. The van der Waals surface area contributed by atoms with Crippen LogP contribution in [0, 0.1) is 0 Å². The summed E-state index contributed by atoms with van der Waals surface area (Å²) in [5.74, 6) is -0.922. The molecule has 83 heavy (non-hydrogen) atoms. The summed E-state index contributed by atoms with van der Waals surface area (Å²) in [6.45, 7) is 6.46. The van der Waals surface area contributed by atoms with E-state index < -0.39 is 6.10 Å². The number of ether oxygens (including phenoxy) is 3. The summed E-state index contributed by atoms with van der Waals surface area (Å²) in [5.41, 5.74) is 0. The van der Waals surface area contributed by atoms with Gasteiger partial charge in [-0.2, -0.15) is 0 Å². The average Bonchev–Trinajstić information content (AvgIpc) is 3.48. The Hall–Kier alpha value is -4.71. The molecule has 0 aliphatic rings. The molecule has 0 heterocycles. The van der Waals surface area contributed by atoms with E-state index in [-0.39, 0.29) is 31.1 Å². The monoisotopic (exact) mass is 1150 g/mol. The number of hydrogen-bond donors (Lipinski definition) is 0. The Morgan fingerprint density at radius 3 is 0.783 bits per heavy atom. The molecule has 0 saturated heterocycles. The first-order chi connectivity index (χ1) is 41.0. The third-order valence-corrected chi connectivity index (χ3v) is 14.3. The van der Waals surface area contributed by atoms with Gasteiger partial charge >= 0.3 is 17.9 Å². The van der Waals surface area contributed by atoms with Crippen LogP contribution in [0.3, 0.4) is 0 Å². The van der Waals surface area contributed by atoms with E-state index in [1.54, 1.807) is 0 Å². The lowest BCUT2D eigenvalue weighted by Crippen LogP contribution is -2.30. The fourth-order valence-electron chi connectivity index (χ4n) is 9.15. The minimum atomic E-state index is -0.798. The Morgan fingerprint density at radius 1 is 0.253 bits per heavy atom. The van der Waals surface area contributed by atoms with Crippen molar-refractivity contribution in [2.24, 2.45) is 0 Å². The van der Waals surface area contributed by atoms with Crippen molar-refractivity contribution < 1.29 is 28.6 Å². The quantitative estimate of drug-likeness (QED) is 0.0261. The molecule has 0 N–H and O–H groups in total. The van der Waals surface area contributed by atoms with E-state index in [0.29, 0.717) is 19.3 Å². The SMILES string of the molecule is CC/C=C\C/C=C\C/C=C\C/C=C\C/C=C\C/C=C\C/C=C\C/C=C\CCCCCCCCCCC(=O)OCC(COC(=O)CCCCCCC/C=C\CCCC)OC(=O)CCCCCCCC/C=C\C/C=C\C/C=C\CCCCCCC. The molecule has 0 radical (unpaired) electrons. The van der Waals surface area contributed by atoms with Crippen molar-refractivity contribution >= 4 is 17.9 Å². The zero-order chi connectivity index (χ0) is 59.9. The van der Waals surface area contributed by atoms with Gasteiger partial charge in [0.1, 0.15) is 13.2 Å². The third-order valence-electron chi connectivity index (χ3n) is 14.3. The number of allylic oxidation sites excluding steroid dienone is 24. The molecule has 0 aromatic heterocycles. The Balaban J connectivity index is 4.30. The molecule has 1 unspecified atom stereocenters. The van der Waals surface area contributed by atoms with Crippen molar-refractivity contribution in [1.82, 2.24) is 0 Å². The summed E-state index contributed by atoms with van der Waals surface area (Å²) >= 11 is 0. The van der Waals surface area contributed by atoms with E-state index >= 15 is 0 Å². The van der Waals surface area contributed by atoms with Crippen LogP contribution in [-0.4, -0.2) is 37.2 Å². The van der Waals surface area contributed by atoms with Crippen LogP contribution < -0.4 is 0 Å². The highest BCUT2D eigenvalue weighted by Gasteiger charge is 2.19. The molecule has 6 nitrogen and oxygen atoms in total. The average molecular weight is 1150 g/mol. The molecule has 0 amide bonds. The van der Waals surface area contributed by atoms with Gasteiger partial charge in [-0.3, -0.25) is 14.4 Å². The van der Waals surface area contributed by atoms with Gasteiger partial charge in [0.15, 0.2) is 6.10 Å². The van der Waals surface area contributed by atoms with Crippen LogP contribution in [0.5, 0.6) is 0 Å². The Morgan fingerprint density at radius 2 is 0.482 bits per heavy atom.